The van der Waals surface area contributed by atoms with Gasteiger partial charge in [-0.15, -0.1) is 0 Å². The summed E-state index contributed by atoms with van der Waals surface area (Å²) >= 11 is 0. The zero-order valence-electron chi connectivity index (χ0n) is 17.3. The second-order valence-corrected chi connectivity index (χ2v) is 11.2. The summed E-state index contributed by atoms with van der Waals surface area (Å²) in [6, 6.07) is 0. The van der Waals surface area contributed by atoms with Crippen LogP contribution in [0.25, 0.3) is 0 Å². The Morgan fingerprint density at radius 3 is 2.25 bits per heavy atom. The van der Waals surface area contributed by atoms with Crippen molar-refractivity contribution >= 4 is 0 Å². The van der Waals surface area contributed by atoms with Gasteiger partial charge in [-0.3, -0.25) is 0 Å². The Labute approximate surface area is 165 Å². The molecule has 2 saturated heterocycles. The van der Waals surface area contributed by atoms with E-state index in [1.807, 2.05) is 6.92 Å². The second kappa shape index (κ2) is 4.64. The molecule has 7 heteroatoms. The Balaban J connectivity index is 1.93. The van der Waals surface area contributed by atoms with Crippen molar-refractivity contribution in [3.8, 4) is 0 Å². The zero-order valence-corrected chi connectivity index (χ0v) is 17.3. The molecule has 0 amide bonds. The van der Waals surface area contributed by atoms with E-state index in [2.05, 4.69) is 0 Å². The molecule has 1 spiro atoms. The zero-order chi connectivity index (χ0) is 20.9. The van der Waals surface area contributed by atoms with E-state index in [0.717, 1.165) is 0 Å². The normalized spacial score (nSPS) is 69.4. The molecule has 7 nitrogen and oxygen atoms in total. The Morgan fingerprint density at radius 2 is 1.71 bits per heavy atom. The molecule has 0 radical (unpaired) electrons. The highest BCUT2D eigenvalue weighted by Gasteiger charge is 3.03. The van der Waals surface area contributed by atoms with Crippen LogP contribution in [-0.2, 0) is 4.74 Å². The molecule has 0 aromatic carbocycles. The van der Waals surface area contributed by atoms with Gasteiger partial charge in [0.2, 0.25) is 0 Å². The fourth-order valence-electron chi connectivity index (χ4n) is 9.38. The molecule has 160 valence electrons. The maximum Gasteiger partial charge on any atom is 0.175 e. The van der Waals surface area contributed by atoms with E-state index in [9.17, 15) is 30.6 Å². The number of aliphatic hydroxyl groups excluding tert-OH is 3. The minimum Gasteiger partial charge on any atom is -0.396 e. The quantitative estimate of drug-likeness (QED) is 0.378. The van der Waals surface area contributed by atoms with Gasteiger partial charge >= 0.3 is 0 Å². The molecular formula is C21H34O7. The lowest BCUT2D eigenvalue weighted by molar-refractivity contribution is -0.388. The molecule has 4 saturated carbocycles. The highest BCUT2D eigenvalue weighted by atomic mass is 16.7. The van der Waals surface area contributed by atoms with Crippen LogP contribution in [0.2, 0.25) is 0 Å². The highest BCUT2D eigenvalue weighted by Crippen LogP contribution is 2.91. The first-order valence-electron chi connectivity index (χ1n) is 10.6. The minimum absolute atomic E-state index is 0.0149. The molecule has 6 fully saturated rings. The maximum atomic E-state index is 12.1. The summed E-state index contributed by atoms with van der Waals surface area (Å²) in [5.41, 5.74) is -8.63. The number of hydrogen-bond donors (Lipinski definition) is 6. The van der Waals surface area contributed by atoms with Crippen molar-refractivity contribution in [2.45, 2.75) is 88.7 Å². The predicted molar refractivity (Wildman–Crippen MR) is 97.8 cm³/mol. The molecule has 2 heterocycles. The van der Waals surface area contributed by atoms with Crippen molar-refractivity contribution in [3.05, 3.63) is 0 Å². The van der Waals surface area contributed by atoms with E-state index in [-0.39, 0.29) is 12.3 Å². The van der Waals surface area contributed by atoms with Crippen molar-refractivity contribution in [1.29, 1.82) is 0 Å². The summed E-state index contributed by atoms with van der Waals surface area (Å²) in [6.45, 7) is 8.45. The largest absolute Gasteiger partial charge is 0.396 e. The van der Waals surface area contributed by atoms with Crippen LogP contribution in [0.3, 0.4) is 0 Å². The van der Waals surface area contributed by atoms with Crippen molar-refractivity contribution in [2.24, 2.45) is 34.0 Å². The Hall–Kier alpha value is -0.280. The summed E-state index contributed by atoms with van der Waals surface area (Å²) in [7, 11) is 0. The minimum atomic E-state index is -1.83. The van der Waals surface area contributed by atoms with E-state index in [1.54, 1.807) is 27.7 Å². The highest BCUT2D eigenvalue weighted by molar-refractivity contribution is 5.48. The average Bonchev–Trinajstić information content (AvgIpc) is 2.93. The summed E-state index contributed by atoms with van der Waals surface area (Å²) in [5, 5.41) is 69.6. The lowest BCUT2D eigenvalue weighted by Crippen LogP contribution is -2.73. The van der Waals surface area contributed by atoms with Crippen molar-refractivity contribution in [1.82, 2.24) is 0 Å². The first kappa shape index (κ1) is 19.7. The second-order valence-electron chi connectivity index (χ2n) is 11.2. The number of rotatable bonds is 2. The van der Waals surface area contributed by atoms with Crippen LogP contribution >= 0.6 is 0 Å². The smallest absolute Gasteiger partial charge is 0.175 e. The van der Waals surface area contributed by atoms with Gasteiger partial charge in [-0.25, -0.2) is 0 Å². The van der Waals surface area contributed by atoms with Gasteiger partial charge in [0.1, 0.15) is 16.8 Å². The molecule has 0 aromatic heterocycles. The van der Waals surface area contributed by atoms with Gasteiger partial charge in [0.15, 0.2) is 5.79 Å². The van der Waals surface area contributed by atoms with Crippen LogP contribution in [0.15, 0.2) is 0 Å². The topological polar surface area (TPSA) is 131 Å². The Kier molecular flexibility index (Phi) is 3.26. The van der Waals surface area contributed by atoms with E-state index < -0.39 is 69.5 Å². The van der Waals surface area contributed by atoms with E-state index in [4.69, 9.17) is 4.74 Å². The number of aliphatic hydroxyl groups is 6. The Bertz CT molecular complexity index is 759. The third-order valence-corrected chi connectivity index (χ3v) is 10.7. The first-order valence-corrected chi connectivity index (χ1v) is 10.6. The first-order chi connectivity index (χ1) is 12.7. The summed E-state index contributed by atoms with van der Waals surface area (Å²) in [4.78, 5) is 0. The molecule has 6 bridgehead atoms. The van der Waals surface area contributed by atoms with Crippen molar-refractivity contribution in [2.75, 3.05) is 6.61 Å². The molecule has 11 atom stereocenters. The maximum absolute atomic E-state index is 12.1. The van der Waals surface area contributed by atoms with Crippen molar-refractivity contribution in [3.63, 3.8) is 0 Å². The fraction of sp³-hybridized carbons (Fsp3) is 1.00. The number of ether oxygens (including phenoxy) is 1. The van der Waals surface area contributed by atoms with Crippen LogP contribution in [0.4, 0.5) is 0 Å². The fourth-order valence-corrected chi connectivity index (χ4v) is 9.38. The van der Waals surface area contributed by atoms with Crippen molar-refractivity contribution < 1.29 is 35.4 Å². The van der Waals surface area contributed by atoms with Gasteiger partial charge in [0.05, 0.1) is 24.2 Å². The van der Waals surface area contributed by atoms with Gasteiger partial charge in [0.25, 0.3) is 0 Å². The SMILES string of the molecule is CC1CC[C@@]2(O)C3(OC4(O)CC2(C)[C@]2(CO)C(O)C(O)(C(C)C)C4(C)C32)C1O. The van der Waals surface area contributed by atoms with Crippen LogP contribution in [0, 0.1) is 34.0 Å². The van der Waals surface area contributed by atoms with E-state index >= 15 is 0 Å². The average molecular weight is 398 g/mol. The summed E-state index contributed by atoms with van der Waals surface area (Å²) in [6.07, 6.45) is -1.55. The molecule has 4 aliphatic carbocycles. The van der Waals surface area contributed by atoms with Gasteiger partial charge in [-0.1, -0.05) is 34.6 Å². The van der Waals surface area contributed by atoms with Crippen LogP contribution in [0.1, 0.15) is 53.9 Å². The van der Waals surface area contributed by atoms with Gasteiger partial charge < -0.3 is 35.4 Å². The number of hydrogen-bond acceptors (Lipinski definition) is 7. The molecule has 2 aliphatic heterocycles. The van der Waals surface area contributed by atoms with Gasteiger partial charge in [0, 0.05) is 23.2 Å². The lowest BCUT2D eigenvalue weighted by Gasteiger charge is -2.62. The van der Waals surface area contributed by atoms with E-state index in [0.29, 0.717) is 12.8 Å². The summed E-state index contributed by atoms with van der Waals surface area (Å²) in [5.74, 6) is -3.26. The molecule has 9 unspecified atom stereocenters. The summed E-state index contributed by atoms with van der Waals surface area (Å²) < 4.78 is 6.31. The Morgan fingerprint density at radius 1 is 1.11 bits per heavy atom. The monoisotopic (exact) mass is 398 g/mol. The van der Waals surface area contributed by atoms with E-state index in [1.165, 1.54) is 0 Å². The molecule has 6 N–H and O–H groups in total. The van der Waals surface area contributed by atoms with Gasteiger partial charge in [-0.05, 0) is 24.7 Å². The lowest BCUT2D eigenvalue weighted by atomic mass is 9.50. The van der Waals surface area contributed by atoms with Crippen LogP contribution < -0.4 is 0 Å². The third-order valence-electron chi connectivity index (χ3n) is 10.7. The molecular weight excluding hydrogens is 364 g/mol. The van der Waals surface area contributed by atoms with Crippen LogP contribution in [-0.4, -0.2) is 72.0 Å². The molecule has 28 heavy (non-hydrogen) atoms. The predicted octanol–water partition coefficient (Wildman–Crippen LogP) is -0.248. The van der Waals surface area contributed by atoms with Crippen LogP contribution in [0.5, 0.6) is 0 Å². The van der Waals surface area contributed by atoms with Gasteiger partial charge in [-0.2, -0.15) is 0 Å². The molecule has 6 rings (SSSR count). The molecule has 0 aromatic rings. The molecule has 6 aliphatic rings. The standard InChI is InChI=1S/C21H34O7/c1-10(2)20(27)14(24)17(9-22)13-16(20,5)19(26)8-15(17,4)18(25)7-6-11(3)12(23)21(13,18)28-19/h10-14,22-27H,6-9H2,1-5H3/t11?,12?,13?,14?,15?,16?,17-,18-,19?,20?,21?/m0/s1. The third kappa shape index (κ3) is 1.26.